The number of carbonyl (C=O) groups excluding carboxylic acids is 2. The molecule has 3 aliphatic rings. The second-order valence-corrected chi connectivity index (χ2v) is 8.04. The van der Waals surface area contributed by atoms with E-state index in [0.29, 0.717) is 13.1 Å². The van der Waals surface area contributed by atoms with Gasteiger partial charge in [-0.2, -0.15) is 0 Å². The first-order chi connectivity index (χ1) is 12.6. The highest BCUT2D eigenvalue weighted by molar-refractivity contribution is 5.99. The van der Waals surface area contributed by atoms with Crippen molar-refractivity contribution in [2.24, 2.45) is 0 Å². The maximum atomic E-state index is 13.5. The van der Waals surface area contributed by atoms with E-state index in [0.717, 1.165) is 44.5 Å². The number of hydrogen-bond acceptors (Lipinski definition) is 3. The Morgan fingerprint density at radius 1 is 0.923 bits per heavy atom. The lowest BCUT2D eigenvalue weighted by atomic mass is 9.92. The largest absolute Gasteiger partial charge is 0.330 e. The van der Waals surface area contributed by atoms with Crippen molar-refractivity contribution >= 4 is 17.5 Å². The fourth-order valence-corrected chi connectivity index (χ4v) is 4.91. The van der Waals surface area contributed by atoms with Crippen molar-refractivity contribution in [3.63, 3.8) is 0 Å². The summed E-state index contributed by atoms with van der Waals surface area (Å²) in [6, 6.07) is 8.04. The molecule has 4 rings (SSSR count). The molecule has 0 bridgehead atoms. The quantitative estimate of drug-likeness (QED) is 0.837. The third-order valence-electron chi connectivity index (χ3n) is 6.39. The lowest BCUT2D eigenvalue weighted by molar-refractivity contribution is -0.147. The first kappa shape index (κ1) is 17.5. The van der Waals surface area contributed by atoms with Crippen LogP contribution in [0.1, 0.15) is 44.1 Å². The summed E-state index contributed by atoms with van der Waals surface area (Å²) in [5.74, 6) is 0.233. The number of benzene rings is 1. The van der Waals surface area contributed by atoms with Gasteiger partial charge in [0.2, 0.25) is 11.8 Å². The van der Waals surface area contributed by atoms with Crippen LogP contribution in [0, 0.1) is 6.92 Å². The van der Waals surface area contributed by atoms with E-state index in [2.05, 4.69) is 4.90 Å². The lowest BCUT2D eigenvalue weighted by Gasteiger charge is -2.43. The van der Waals surface area contributed by atoms with Gasteiger partial charge in [0.1, 0.15) is 12.1 Å². The highest BCUT2D eigenvalue weighted by atomic mass is 16.2. The number of piperazine rings is 1. The van der Waals surface area contributed by atoms with Crippen LogP contribution < -0.4 is 4.90 Å². The van der Waals surface area contributed by atoms with E-state index >= 15 is 0 Å². The Balaban J connectivity index is 1.48. The molecule has 1 aliphatic carbocycles. The van der Waals surface area contributed by atoms with Gasteiger partial charge in [-0.15, -0.1) is 0 Å². The summed E-state index contributed by atoms with van der Waals surface area (Å²) in [4.78, 5) is 32.3. The molecule has 0 spiro atoms. The first-order valence-electron chi connectivity index (χ1n) is 10.0. The Bertz CT molecular complexity index is 673. The second kappa shape index (κ2) is 7.03. The Morgan fingerprint density at radius 2 is 1.58 bits per heavy atom. The number of carbonyl (C=O) groups is 2. The van der Waals surface area contributed by atoms with E-state index in [4.69, 9.17) is 0 Å². The Hall–Kier alpha value is -1.88. The van der Waals surface area contributed by atoms with Crippen molar-refractivity contribution in [2.45, 2.75) is 51.0 Å². The van der Waals surface area contributed by atoms with E-state index < -0.39 is 0 Å². The van der Waals surface area contributed by atoms with Gasteiger partial charge < -0.3 is 9.80 Å². The molecule has 26 heavy (non-hydrogen) atoms. The SMILES string of the molecule is Cc1ccc(N2CCN(C(=O)C3(N4CCCC4)CCCC3)CC2=O)cc1. The Morgan fingerprint density at radius 3 is 2.19 bits per heavy atom. The summed E-state index contributed by atoms with van der Waals surface area (Å²) in [5.41, 5.74) is 1.79. The van der Waals surface area contributed by atoms with Crippen molar-refractivity contribution in [3.05, 3.63) is 29.8 Å². The molecule has 0 unspecified atom stereocenters. The van der Waals surface area contributed by atoms with Crippen LogP contribution in [-0.4, -0.2) is 59.9 Å². The van der Waals surface area contributed by atoms with Gasteiger partial charge in [-0.1, -0.05) is 30.5 Å². The van der Waals surface area contributed by atoms with Gasteiger partial charge in [-0.25, -0.2) is 0 Å². The maximum Gasteiger partial charge on any atom is 0.246 e. The molecule has 140 valence electrons. The minimum Gasteiger partial charge on any atom is -0.330 e. The zero-order valence-corrected chi connectivity index (χ0v) is 15.7. The molecule has 2 saturated heterocycles. The second-order valence-electron chi connectivity index (χ2n) is 8.04. The number of hydrogen-bond donors (Lipinski definition) is 0. The third-order valence-corrected chi connectivity index (χ3v) is 6.39. The zero-order chi connectivity index (χ0) is 18.1. The van der Waals surface area contributed by atoms with Crippen molar-refractivity contribution in [2.75, 3.05) is 37.6 Å². The van der Waals surface area contributed by atoms with Crippen LogP contribution in [0.3, 0.4) is 0 Å². The third kappa shape index (κ3) is 3.02. The zero-order valence-electron chi connectivity index (χ0n) is 15.7. The number of anilines is 1. The first-order valence-corrected chi connectivity index (χ1v) is 10.0. The molecule has 2 amide bonds. The van der Waals surface area contributed by atoms with Crippen LogP contribution in [-0.2, 0) is 9.59 Å². The van der Waals surface area contributed by atoms with E-state index in [-0.39, 0.29) is 23.9 Å². The highest BCUT2D eigenvalue weighted by Crippen LogP contribution is 2.39. The normalized spacial score (nSPS) is 23.7. The van der Waals surface area contributed by atoms with Crippen LogP contribution in [0.4, 0.5) is 5.69 Å². The van der Waals surface area contributed by atoms with Crippen LogP contribution >= 0.6 is 0 Å². The smallest absolute Gasteiger partial charge is 0.246 e. The molecule has 1 saturated carbocycles. The van der Waals surface area contributed by atoms with Gasteiger partial charge in [-0.3, -0.25) is 14.5 Å². The van der Waals surface area contributed by atoms with E-state index in [1.54, 1.807) is 0 Å². The van der Waals surface area contributed by atoms with Gasteiger partial charge in [0.05, 0.1) is 0 Å². The topological polar surface area (TPSA) is 43.9 Å². The van der Waals surface area contributed by atoms with E-state index in [1.165, 1.54) is 18.4 Å². The molecule has 1 aromatic rings. The monoisotopic (exact) mass is 355 g/mol. The van der Waals surface area contributed by atoms with Crippen molar-refractivity contribution in [1.29, 1.82) is 0 Å². The van der Waals surface area contributed by atoms with E-state index in [9.17, 15) is 9.59 Å². The molecule has 0 aromatic heterocycles. The number of amides is 2. The maximum absolute atomic E-state index is 13.5. The molecule has 0 N–H and O–H groups in total. The number of nitrogens with zero attached hydrogens (tertiary/aromatic N) is 3. The number of rotatable bonds is 3. The minimum absolute atomic E-state index is 0.0306. The molecule has 0 radical (unpaired) electrons. The fourth-order valence-electron chi connectivity index (χ4n) is 4.91. The number of aryl methyl sites for hydroxylation is 1. The minimum atomic E-state index is -0.331. The highest BCUT2D eigenvalue weighted by Gasteiger charge is 2.49. The average Bonchev–Trinajstić information content (AvgIpc) is 3.34. The van der Waals surface area contributed by atoms with Crippen LogP contribution in [0.15, 0.2) is 24.3 Å². The molecule has 2 aliphatic heterocycles. The summed E-state index contributed by atoms with van der Waals surface area (Å²) >= 11 is 0. The standard InChI is InChI=1S/C21H29N3O2/c1-17-6-8-18(9-7-17)24-15-14-22(16-19(24)25)20(26)21(10-2-3-11-21)23-12-4-5-13-23/h6-9H,2-5,10-16H2,1H3. The van der Waals surface area contributed by atoms with Gasteiger partial charge in [0.15, 0.2) is 0 Å². The molecular formula is C21H29N3O2. The average molecular weight is 355 g/mol. The predicted molar refractivity (Wildman–Crippen MR) is 102 cm³/mol. The fraction of sp³-hybridized carbons (Fsp3) is 0.619. The van der Waals surface area contributed by atoms with Crippen LogP contribution in [0.25, 0.3) is 0 Å². The van der Waals surface area contributed by atoms with Crippen LogP contribution in [0.2, 0.25) is 0 Å². The Labute approximate surface area is 155 Å². The molecule has 0 atom stereocenters. The summed E-state index contributed by atoms with van der Waals surface area (Å²) < 4.78 is 0. The summed E-state index contributed by atoms with van der Waals surface area (Å²) in [6.07, 6.45) is 6.54. The summed E-state index contributed by atoms with van der Waals surface area (Å²) in [6.45, 7) is 5.54. The lowest BCUT2D eigenvalue weighted by Crippen LogP contribution is -2.62. The predicted octanol–water partition coefficient (Wildman–Crippen LogP) is 2.58. The Kier molecular flexibility index (Phi) is 4.74. The number of likely N-dealkylation sites (tertiary alicyclic amines) is 1. The van der Waals surface area contributed by atoms with E-state index in [1.807, 2.05) is 41.0 Å². The molecule has 5 heteroatoms. The van der Waals surface area contributed by atoms with Crippen molar-refractivity contribution in [1.82, 2.24) is 9.80 Å². The summed E-state index contributed by atoms with van der Waals surface area (Å²) in [7, 11) is 0. The van der Waals surface area contributed by atoms with Gasteiger partial charge in [0, 0.05) is 18.8 Å². The van der Waals surface area contributed by atoms with Gasteiger partial charge >= 0.3 is 0 Å². The van der Waals surface area contributed by atoms with Gasteiger partial charge in [-0.05, 0) is 57.8 Å². The molecule has 2 heterocycles. The van der Waals surface area contributed by atoms with Crippen molar-refractivity contribution < 1.29 is 9.59 Å². The van der Waals surface area contributed by atoms with Crippen molar-refractivity contribution in [3.8, 4) is 0 Å². The summed E-state index contributed by atoms with van der Waals surface area (Å²) in [5, 5.41) is 0. The molecule has 3 fully saturated rings. The van der Waals surface area contributed by atoms with Gasteiger partial charge in [0.25, 0.3) is 0 Å². The van der Waals surface area contributed by atoms with Crippen LogP contribution in [0.5, 0.6) is 0 Å². The molecule has 1 aromatic carbocycles. The molecule has 5 nitrogen and oxygen atoms in total. The molecular weight excluding hydrogens is 326 g/mol.